The summed E-state index contributed by atoms with van der Waals surface area (Å²) in [6.07, 6.45) is 1.10. The molecule has 1 amide bonds. The molecule has 0 aliphatic rings. The molecule has 0 radical (unpaired) electrons. The molecule has 0 spiro atoms. The number of aryl methyl sites for hydroxylation is 1. The highest BCUT2D eigenvalue weighted by atomic mass is 32.2. The molecule has 0 aliphatic heterocycles. The summed E-state index contributed by atoms with van der Waals surface area (Å²) in [5.41, 5.74) is 3.09. The molecule has 1 heterocycles. The highest BCUT2D eigenvalue weighted by Gasteiger charge is 2.13. The summed E-state index contributed by atoms with van der Waals surface area (Å²) >= 11 is 1.38. The van der Waals surface area contributed by atoms with E-state index < -0.39 is 0 Å². The number of thioether (sulfide) groups is 1. The molecule has 5 nitrogen and oxygen atoms in total. The number of anilines is 1. The van der Waals surface area contributed by atoms with E-state index >= 15 is 0 Å². The minimum Gasteiger partial charge on any atom is -0.325 e. The van der Waals surface area contributed by atoms with Crippen molar-refractivity contribution in [1.82, 2.24) is 14.8 Å². The molecule has 2 aromatic carbocycles. The fourth-order valence-corrected chi connectivity index (χ4v) is 3.57. The molecule has 27 heavy (non-hydrogen) atoms. The van der Waals surface area contributed by atoms with Gasteiger partial charge in [-0.3, -0.25) is 9.36 Å². The number of para-hydroxylation sites is 1. The first kappa shape index (κ1) is 19.2. The molecule has 0 bridgehead atoms. The van der Waals surface area contributed by atoms with Gasteiger partial charge in [-0.05, 0) is 49.1 Å². The largest absolute Gasteiger partial charge is 0.325 e. The van der Waals surface area contributed by atoms with E-state index in [9.17, 15) is 4.79 Å². The smallest absolute Gasteiger partial charge is 0.234 e. The lowest BCUT2D eigenvalue weighted by Gasteiger charge is -2.11. The number of carbonyl (C=O) groups is 1. The molecule has 3 aromatic rings. The zero-order chi connectivity index (χ0) is 19.2. The summed E-state index contributed by atoms with van der Waals surface area (Å²) in [6, 6.07) is 18.0. The van der Waals surface area contributed by atoms with Crippen LogP contribution in [0.1, 0.15) is 37.6 Å². The van der Waals surface area contributed by atoms with Gasteiger partial charge in [0.2, 0.25) is 5.91 Å². The minimum absolute atomic E-state index is 0.0587. The van der Waals surface area contributed by atoms with E-state index in [4.69, 9.17) is 0 Å². The van der Waals surface area contributed by atoms with Crippen LogP contribution in [-0.4, -0.2) is 26.4 Å². The van der Waals surface area contributed by atoms with Gasteiger partial charge in [0.05, 0.1) is 5.75 Å². The van der Waals surface area contributed by atoms with Crippen LogP contribution in [0.5, 0.6) is 0 Å². The van der Waals surface area contributed by atoms with Gasteiger partial charge in [-0.2, -0.15) is 0 Å². The van der Waals surface area contributed by atoms with Crippen LogP contribution in [0.25, 0.3) is 5.69 Å². The van der Waals surface area contributed by atoms with Crippen molar-refractivity contribution in [1.29, 1.82) is 0 Å². The number of nitrogens with zero attached hydrogens (tertiary/aromatic N) is 3. The molecule has 0 fully saturated rings. The van der Waals surface area contributed by atoms with Crippen LogP contribution in [0.3, 0.4) is 0 Å². The summed E-state index contributed by atoms with van der Waals surface area (Å²) in [5.74, 6) is 1.54. The van der Waals surface area contributed by atoms with Gasteiger partial charge in [-0.15, -0.1) is 10.2 Å². The zero-order valence-corrected chi connectivity index (χ0v) is 16.7. The quantitative estimate of drug-likeness (QED) is 0.597. The number of carbonyl (C=O) groups excluding carboxylic acids is 1. The maximum atomic E-state index is 12.3. The second-order valence-electron chi connectivity index (χ2n) is 6.47. The number of amides is 1. The second-order valence-corrected chi connectivity index (χ2v) is 7.41. The van der Waals surface area contributed by atoms with Crippen LogP contribution in [0, 0.1) is 6.92 Å². The molecule has 1 unspecified atom stereocenters. The van der Waals surface area contributed by atoms with Gasteiger partial charge < -0.3 is 5.32 Å². The first-order valence-electron chi connectivity index (χ1n) is 9.08. The molecule has 140 valence electrons. The Kier molecular flexibility index (Phi) is 6.29. The van der Waals surface area contributed by atoms with Crippen LogP contribution >= 0.6 is 11.8 Å². The molecule has 1 aromatic heterocycles. The maximum Gasteiger partial charge on any atom is 0.234 e. The lowest BCUT2D eigenvalue weighted by molar-refractivity contribution is -0.113. The molecule has 1 N–H and O–H groups in total. The van der Waals surface area contributed by atoms with Gasteiger partial charge >= 0.3 is 0 Å². The second kappa shape index (κ2) is 8.86. The maximum absolute atomic E-state index is 12.3. The summed E-state index contributed by atoms with van der Waals surface area (Å²) < 4.78 is 1.96. The molecule has 0 aliphatic carbocycles. The monoisotopic (exact) mass is 380 g/mol. The lowest BCUT2D eigenvalue weighted by atomic mass is 9.99. The zero-order valence-electron chi connectivity index (χ0n) is 15.8. The van der Waals surface area contributed by atoms with Gasteiger partial charge in [0.15, 0.2) is 5.16 Å². The highest BCUT2D eigenvalue weighted by Crippen LogP contribution is 2.23. The fraction of sp³-hybridized carbons (Fsp3) is 0.286. The third-order valence-electron chi connectivity index (χ3n) is 4.52. The molecule has 3 rings (SSSR count). The van der Waals surface area contributed by atoms with Gasteiger partial charge in [0.25, 0.3) is 0 Å². The number of hydrogen-bond acceptors (Lipinski definition) is 4. The molecule has 6 heteroatoms. The van der Waals surface area contributed by atoms with Crippen LogP contribution in [0.15, 0.2) is 59.8 Å². The Hall–Kier alpha value is -2.60. The van der Waals surface area contributed by atoms with E-state index in [2.05, 4.69) is 41.5 Å². The fourth-order valence-electron chi connectivity index (χ4n) is 2.77. The van der Waals surface area contributed by atoms with Crippen molar-refractivity contribution in [2.45, 2.75) is 38.3 Å². The topological polar surface area (TPSA) is 59.8 Å². The lowest BCUT2D eigenvalue weighted by Crippen LogP contribution is -2.14. The van der Waals surface area contributed by atoms with E-state index in [1.165, 1.54) is 17.3 Å². The minimum atomic E-state index is -0.0587. The summed E-state index contributed by atoms with van der Waals surface area (Å²) in [5, 5.41) is 12.0. The normalized spacial score (nSPS) is 12.0. The molecule has 1 atom stereocenters. The van der Waals surface area contributed by atoms with Crippen LogP contribution < -0.4 is 5.32 Å². The van der Waals surface area contributed by atoms with Crippen molar-refractivity contribution in [2.24, 2.45) is 0 Å². The van der Waals surface area contributed by atoms with Crippen molar-refractivity contribution >= 4 is 23.4 Å². The number of benzene rings is 2. The number of rotatable bonds is 7. The Morgan fingerprint density at radius 3 is 2.48 bits per heavy atom. The van der Waals surface area contributed by atoms with Gasteiger partial charge in [0.1, 0.15) is 5.82 Å². The first-order chi connectivity index (χ1) is 13.1. The van der Waals surface area contributed by atoms with E-state index in [0.29, 0.717) is 11.1 Å². The average Bonchev–Trinajstić information content (AvgIpc) is 3.07. The summed E-state index contributed by atoms with van der Waals surface area (Å²) in [7, 11) is 0. The van der Waals surface area contributed by atoms with Crippen molar-refractivity contribution in [2.75, 3.05) is 11.1 Å². The third-order valence-corrected chi connectivity index (χ3v) is 5.45. The van der Waals surface area contributed by atoms with E-state index in [1.807, 2.05) is 54.0 Å². The molecular formula is C21H24N4OS. The average molecular weight is 381 g/mol. The van der Waals surface area contributed by atoms with Gasteiger partial charge in [-0.1, -0.05) is 55.9 Å². The molecular weight excluding hydrogens is 356 g/mol. The summed E-state index contributed by atoms with van der Waals surface area (Å²) in [6.45, 7) is 6.28. The Morgan fingerprint density at radius 1 is 1.11 bits per heavy atom. The van der Waals surface area contributed by atoms with Crippen LogP contribution in [-0.2, 0) is 4.79 Å². The Morgan fingerprint density at radius 2 is 1.81 bits per heavy atom. The van der Waals surface area contributed by atoms with E-state index in [0.717, 1.165) is 23.6 Å². The Balaban J connectivity index is 1.62. The highest BCUT2D eigenvalue weighted by molar-refractivity contribution is 7.99. The van der Waals surface area contributed by atoms with Gasteiger partial charge in [-0.25, -0.2) is 0 Å². The SMILES string of the molecule is CCC(C)c1ccc(NC(=O)CSc2nnc(C)n2-c2ccccc2)cc1. The van der Waals surface area contributed by atoms with Crippen LogP contribution in [0.2, 0.25) is 0 Å². The number of nitrogens with one attached hydrogen (secondary N) is 1. The Labute approximate surface area is 164 Å². The van der Waals surface area contributed by atoms with Crippen molar-refractivity contribution in [3.8, 4) is 5.69 Å². The predicted octanol–water partition coefficient (Wildman–Crippen LogP) is 4.82. The van der Waals surface area contributed by atoms with E-state index in [-0.39, 0.29) is 11.7 Å². The standard InChI is InChI=1S/C21H24N4OS/c1-4-15(2)17-10-12-18(13-11-17)22-20(26)14-27-21-24-23-16(3)25(21)19-8-6-5-7-9-19/h5-13,15H,4,14H2,1-3H3,(H,22,26). The Bertz CT molecular complexity index is 890. The number of hydrogen-bond donors (Lipinski definition) is 1. The van der Waals surface area contributed by atoms with Crippen molar-refractivity contribution in [3.05, 3.63) is 66.0 Å². The van der Waals surface area contributed by atoms with Crippen molar-refractivity contribution < 1.29 is 4.79 Å². The molecule has 0 saturated heterocycles. The van der Waals surface area contributed by atoms with Crippen molar-refractivity contribution in [3.63, 3.8) is 0 Å². The number of aromatic nitrogens is 3. The third kappa shape index (κ3) is 4.77. The predicted molar refractivity (Wildman–Crippen MR) is 111 cm³/mol. The first-order valence-corrected chi connectivity index (χ1v) is 10.1. The summed E-state index contributed by atoms with van der Waals surface area (Å²) in [4.78, 5) is 12.3. The van der Waals surface area contributed by atoms with E-state index in [1.54, 1.807) is 0 Å². The van der Waals surface area contributed by atoms with Crippen LogP contribution in [0.4, 0.5) is 5.69 Å². The molecule has 0 saturated carbocycles. The van der Waals surface area contributed by atoms with Gasteiger partial charge in [0, 0.05) is 11.4 Å².